The number of halogens is 2. The molecule has 0 heterocycles. The molecule has 0 N–H and O–H groups in total. The summed E-state index contributed by atoms with van der Waals surface area (Å²) in [7, 11) is -2.01. The van der Waals surface area contributed by atoms with Gasteiger partial charge in [-0.3, -0.25) is 0 Å². The van der Waals surface area contributed by atoms with Crippen molar-refractivity contribution in [2.75, 3.05) is 12.4 Å². The van der Waals surface area contributed by atoms with Crippen molar-refractivity contribution in [1.82, 2.24) is 0 Å². The molecule has 0 bridgehead atoms. The Kier molecular flexibility index (Phi) is 5.71. The van der Waals surface area contributed by atoms with Crippen LogP contribution in [0, 0.1) is 0 Å². The van der Waals surface area contributed by atoms with Crippen molar-refractivity contribution in [3.63, 3.8) is 0 Å². The molecule has 0 spiro atoms. The fraction of sp³-hybridized carbons (Fsp3) is 0.455. The van der Waals surface area contributed by atoms with E-state index < -0.39 is 24.1 Å². The second-order valence-corrected chi connectivity index (χ2v) is 9.94. The summed E-state index contributed by atoms with van der Waals surface area (Å²) in [4.78, 5) is -0.284. The van der Waals surface area contributed by atoms with Crippen LogP contribution in [-0.2, 0) is 18.9 Å². The molecule has 0 saturated carbocycles. The Morgan fingerprint density at radius 1 is 1.20 bits per heavy atom. The van der Waals surface area contributed by atoms with Crippen LogP contribution >= 0.6 is 22.3 Å². The largest absolute Gasteiger partial charge is 0.491 e. The van der Waals surface area contributed by atoms with Gasteiger partial charge in [-0.05, 0) is 32.0 Å². The highest BCUT2D eigenvalue weighted by atomic mass is 35.7. The molecule has 0 aliphatic carbocycles. The predicted octanol–water partition coefficient (Wildman–Crippen LogP) is 2.47. The second-order valence-electron chi connectivity index (χ2n) is 4.29. The molecular formula is C11H14Cl2O5S2. The van der Waals surface area contributed by atoms with E-state index in [2.05, 4.69) is 0 Å². The third kappa shape index (κ3) is 4.80. The van der Waals surface area contributed by atoms with E-state index in [-0.39, 0.29) is 28.0 Å². The van der Waals surface area contributed by atoms with E-state index in [4.69, 9.17) is 27.0 Å². The number of ether oxygens (including phenoxy) is 1. The summed E-state index contributed by atoms with van der Waals surface area (Å²) in [6, 6.07) is 3.91. The average molecular weight is 361 g/mol. The van der Waals surface area contributed by atoms with Crippen molar-refractivity contribution in [3.05, 3.63) is 23.2 Å². The first-order valence-corrected chi connectivity index (χ1v) is 10.0. The SMILES string of the molecule is CC(C)S(=O)(=O)CCOc1ccc(Cl)cc1S(=O)(=O)Cl. The summed E-state index contributed by atoms with van der Waals surface area (Å²) in [5, 5.41) is -0.334. The van der Waals surface area contributed by atoms with Crippen LogP contribution < -0.4 is 4.74 Å². The molecule has 0 atom stereocenters. The van der Waals surface area contributed by atoms with Gasteiger partial charge in [-0.25, -0.2) is 16.8 Å². The minimum absolute atomic E-state index is 0.0247. The lowest BCUT2D eigenvalue weighted by Crippen LogP contribution is -2.22. The molecule has 0 unspecified atom stereocenters. The van der Waals surface area contributed by atoms with Gasteiger partial charge in [0.2, 0.25) is 0 Å². The Hall–Kier alpha value is -0.500. The highest BCUT2D eigenvalue weighted by Gasteiger charge is 2.20. The summed E-state index contributed by atoms with van der Waals surface area (Å²) in [5.41, 5.74) is 0. The highest BCUT2D eigenvalue weighted by Crippen LogP contribution is 2.29. The number of hydrogen-bond acceptors (Lipinski definition) is 5. The van der Waals surface area contributed by atoms with Crippen molar-refractivity contribution in [2.45, 2.75) is 24.0 Å². The fourth-order valence-corrected chi connectivity index (χ4v) is 3.32. The normalized spacial score (nSPS) is 12.7. The number of hydrogen-bond donors (Lipinski definition) is 0. The fourth-order valence-electron chi connectivity index (χ4n) is 1.30. The van der Waals surface area contributed by atoms with Gasteiger partial charge in [-0.2, -0.15) is 0 Å². The van der Waals surface area contributed by atoms with Crippen molar-refractivity contribution >= 4 is 41.2 Å². The molecule has 0 aromatic heterocycles. The van der Waals surface area contributed by atoms with Gasteiger partial charge >= 0.3 is 0 Å². The molecule has 114 valence electrons. The van der Waals surface area contributed by atoms with E-state index in [0.717, 1.165) is 6.07 Å². The van der Waals surface area contributed by atoms with E-state index in [0.29, 0.717) is 0 Å². The third-order valence-electron chi connectivity index (χ3n) is 2.51. The lowest BCUT2D eigenvalue weighted by molar-refractivity contribution is 0.332. The van der Waals surface area contributed by atoms with Gasteiger partial charge in [0, 0.05) is 15.7 Å². The molecule has 0 saturated heterocycles. The van der Waals surface area contributed by atoms with Crippen LogP contribution in [0.25, 0.3) is 0 Å². The Morgan fingerprint density at radius 3 is 2.30 bits per heavy atom. The van der Waals surface area contributed by atoms with Gasteiger partial charge < -0.3 is 4.74 Å². The molecule has 1 aromatic carbocycles. The van der Waals surface area contributed by atoms with E-state index in [1.165, 1.54) is 12.1 Å². The number of sulfone groups is 1. The Morgan fingerprint density at radius 2 is 1.80 bits per heavy atom. The summed E-state index contributed by atoms with van der Waals surface area (Å²) in [6.45, 7) is 2.96. The van der Waals surface area contributed by atoms with Gasteiger partial charge in [0.25, 0.3) is 9.05 Å². The maximum absolute atomic E-state index is 11.6. The maximum atomic E-state index is 11.6. The Bertz CT molecular complexity index is 681. The van der Waals surface area contributed by atoms with E-state index >= 15 is 0 Å². The Balaban J connectivity index is 2.90. The molecule has 0 fully saturated rings. The van der Waals surface area contributed by atoms with Crippen molar-refractivity contribution in [1.29, 1.82) is 0 Å². The second kappa shape index (κ2) is 6.51. The Labute approximate surface area is 128 Å². The summed E-state index contributed by atoms with van der Waals surface area (Å²) >= 11 is 5.70. The smallest absolute Gasteiger partial charge is 0.265 e. The number of rotatable bonds is 6. The van der Waals surface area contributed by atoms with Crippen LogP contribution in [-0.4, -0.2) is 34.4 Å². The minimum atomic E-state index is -4.02. The van der Waals surface area contributed by atoms with Crippen molar-refractivity contribution in [3.8, 4) is 5.75 Å². The van der Waals surface area contributed by atoms with Gasteiger partial charge in [-0.1, -0.05) is 11.6 Å². The lowest BCUT2D eigenvalue weighted by atomic mass is 10.3. The molecule has 0 radical (unpaired) electrons. The summed E-state index contributed by atoms with van der Waals surface area (Å²) < 4.78 is 51.2. The van der Waals surface area contributed by atoms with Crippen molar-refractivity contribution < 1.29 is 21.6 Å². The standard InChI is InChI=1S/C11H14Cl2O5S2/c1-8(2)19(14,15)6-5-18-10-4-3-9(12)7-11(10)20(13,16)17/h3-4,7-8H,5-6H2,1-2H3. The number of benzene rings is 1. The third-order valence-corrected chi connectivity index (χ3v) is 6.26. The molecule has 1 rings (SSSR count). The molecule has 20 heavy (non-hydrogen) atoms. The highest BCUT2D eigenvalue weighted by molar-refractivity contribution is 8.13. The van der Waals surface area contributed by atoms with Crippen LogP contribution in [0.1, 0.15) is 13.8 Å². The van der Waals surface area contributed by atoms with Gasteiger partial charge in [0.15, 0.2) is 9.84 Å². The molecule has 1 aromatic rings. The van der Waals surface area contributed by atoms with Gasteiger partial charge in [-0.15, -0.1) is 0 Å². The molecule has 0 aliphatic rings. The maximum Gasteiger partial charge on any atom is 0.265 e. The van der Waals surface area contributed by atoms with Crippen LogP contribution in [0.2, 0.25) is 5.02 Å². The monoisotopic (exact) mass is 360 g/mol. The molecule has 0 amide bonds. The molecule has 9 heteroatoms. The first-order valence-electron chi connectivity index (χ1n) is 5.62. The topological polar surface area (TPSA) is 77.5 Å². The zero-order valence-corrected chi connectivity index (χ0v) is 14.0. The quantitative estimate of drug-likeness (QED) is 0.728. The first-order chi connectivity index (χ1) is 9.04. The molecular weight excluding hydrogens is 347 g/mol. The average Bonchev–Trinajstić information content (AvgIpc) is 2.29. The molecule has 0 aliphatic heterocycles. The van der Waals surface area contributed by atoms with Crippen molar-refractivity contribution in [2.24, 2.45) is 0 Å². The zero-order chi connectivity index (χ0) is 15.6. The zero-order valence-electron chi connectivity index (χ0n) is 10.8. The van der Waals surface area contributed by atoms with Crippen LogP contribution in [0.3, 0.4) is 0 Å². The summed E-state index contributed by atoms with van der Waals surface area (Å²) in [5.74, 6) is -0.238. The first kappa shape index (κ1) is 17.6. The summed E-state index contributed by atoms with van der Waals surface area (Å²) in [6.07, 6.45) is 0. The lowest BCUT2D eigenvalue weighted by Gasteiger charge is -2.11. The molecule has 5 nitrogen and oxygen atoms in total. The van der Waals surface area contributed by atoms with E-state index in [1.54, 1.807) is 13.8 Å². The van der Waals surface area contributed by atoms with Crippen LogP contribution in [0.5, 0.6) is 5.75 Å². The predicted molar refractivity (Wildman–Crippen MR) is 78.9 cm³/mol. The van der Waals surface area contributed by atoms with Crippen LogP contribution in [0.4, 0.5) is 0 Å². The van der Waals surface area contributed by atoms with Crippen LogP contribution in [0.15, 0.2) is 23.1 Å². The van der Waals surface area contributed by atoms with E-state index in [9.17, 15) is 16.8 Å². The van der Waals surface area contributed by atoms with Gasteiger partial charge in [0.05, 0.1) is 11.0 Å². The van der Waals surface area contributed by atoms with E-state index in [1.807, 2.05) is 0 Å². The minimum Gasteiger partial charge on any atom is -0.491 e. The van der Waals surface area contributed by atoms with Gasteiger partial charge in [0.1, 0.15) is 17.3 Å².